The molecule has 2 heteroatoms. The Kier molecular flexibility index (Phi) is 5.87. The number of rotatable bonds is 6. The molecule has 0 aliphatic heterocycles. The van der Waals surface area contributed by atoms with Crippen LogP contribution in [0.15, 0.2) is 0 Å². The first-order valence-electron chi connectivity index (χ1n) is 4.55. The molecule has 0 rings (SSSR count). The van der Waals surface area contributed by atoms with Gasteiger partial charge in [-0.25, -0.2) is 0 Å². The monoisotopic (exact) mass is 173 g/mol. The molecule has 0 spiro atoms. The fourth-order valence-electron chi connectivity index (χ4n) is 1.19. The first-order valence-corrected chi connectivity index (χ1v) is 7.67. The van der Waals surface area contributed by atoms with E-state index in [0.717, 1.165) is 13.0 Å². The Morgan fingerprint density at radius 1 is 1.27 bits per heavy atom. The van der Waals surface area contributed by atoms with Gasteiger partial charge in [0.15, 0.2) is 8.32 Å². The zero-order valence-corrected chi connectivity index (χ0v) is 9.15. The SMILES string of the molecule is [CH2]CCCC[Si](C)(C)OCC. The minimum absolute atomic E-state index is 0.879. The fourth-order valence-corrected chi connectivity index (χ4v) is 3.22. The van der Waals surface area contributed by atoms with Crippen LogP contribution in [0.3, 0.4) is 0 Å². The Bertz CT molecular complexity index is 91.6. The standard InChI is InChI=1S/C9H21OSi/c1-5-7-8-9-11(3,4)10-6-2/h1,5-9H2,2-4H3. The topological polar surface area (TPSA) is 9.23 Å². The van der Waals surface area contributed by atoms with Gasteiger partial charge in [0, 0.05) is 6.61 Å². The predicted molar refractivity (Wildman–Crippen MR) is 53.1 cm³/mol. The van der Waals surface area contributed by atoms with Crippen molar-refractivity contribution >= 4 is 8.32 Å². The van der Waals surface area contributed by atoms with Crippen LogP contribution >= 0.6 is 0 Å². The summed E-state index contributed by atoms with van der Waals surface area (Å²) in [6.45, 7) is 11.4. The van der Waals surface area contributed by atoms with Crippen molar-refractivity contribution in [2.24, 2.45) is 0 Å². The van der Waals surface area contributed by atoms with Gasteiger partial charge in [-0.15, -0.1) is 0 Å². The highest BCUT2D eigenvalue weighted by Gasteiger charge is 2.20. The molecular weight excluding hydrogens is 152 g/mol. The lowest BCUT2D eigenvalue weighted by Crippen LogP contribution is -2.29. The quantitative estimate of drug-likeness (QED) is 0.442. The van der Waals surface area contributed by atoms with Crippen molar-refractivity contribution < 1.29 is 4.43 Å². The minimum atomic E-state index is -1.27. The smallest absolute Gasteiger partial charge is 0.186 e. The highest BCUT2D eigenvalue weighted by atomic mass is 28.4. The second-order valence-corrected chi connectivity index (χ2v) is 7.81. The molecule has 11 heavy (non-hydrogen) atoms. The summed E-state index contributed by atoms with van der Waals surface area (Å²) in [6, 6.07) is 1.29. The highest BCUT2D eigenvalue weighted by Crippen LogP contribution is 2.15. The van der Waals surface area contributed by atoms with Gasteiger partial charge in [0.2, 0.25) is 0 Å². The van der Waals surface area contributed by atoms with Crippen molar-refractivity contribution in [3.8, 4) is 0 Å². The van der Waals surface area contributed by atoms with E-state index < -0.39 is 8.32 Å². The lowest BCUT2D eigenvalue weighted by Gasteiger charge is -2.21. The van der Waals surface area contributed by atoms with Crippen LogP contribution in [0.25, 0.3) is 0 Å². The van der Waals surface area contributed by atoms with Crippen LogP contribution in [0.1, 0.15) is 26.2 Å². The fraction of sp³-hybridized carbons (Fsp3) is 0.889. The molecule has 0 fully saturated rings. The van der Waals surface area contributed by atoms with Gasteiger partial charge in [0.25, 0.3) is 0 Å². The molecular formula is C9H21OSi. The van der Waals surface area contributed by atoms with E-state index in [2.05, 4.69) is 26.9 Å². The van der Waals surface area contributed by atoms with Crippen molar-refractivity contribution in [2.75, 3.05) is 6.61 Å². The van der Waals surface area contributed by atoms with Crippen molar-refractivity contribution in [3.63, 3.8) is 0 Å². The van der Waals surface area contributed by atoms with Gasteiger partial charge in [0.1, 0.15) is 0 Å². The number of hydrogen-bond acceptors (Lipinski definition) is 1. The van der Waals surface area contributed by atoms with Crippen molar-refractivity contribution in [1.29, 1.82) is 0 Å². The van der Waals surface area contributed by atoms with Crippen LogP contribution < -0.4 is 0 Å². The molecule has 0 aromatic heterocycles. The number of hydrogen-bond donors (Lipinski definition) is 0. The molecule has 0 saturated carbocycles. The predicted octanol–water partition coefficient (Wildman–Crippen LogP) is 3.23. The first kappa shape index (κ1) is 11.2. The molecule has 0 aromatic carbocycles. The van der Waals surface area contributed by atoms with Gasteiger partial charge in [-0.2, -0.15) is 0 Å². The largest absolute Gasteiger partial charge is 0.418 e. The first-order chi connectivity index (χ1) is 5.12. The molecule has 1 radical (unpaired) electrons. The van der Waals surface area contributed by atoms with Crippen LogP contribution in [0, 0.1) is 6.92 Å². The number of unbranched alkanes of at least 4 members (excludes halogenated alkanes) is 2. The third-order valence-electron chi connectivity index (χ3n) is 1.81. The minimum Gasteiger partial charge on any atom is -0.418 e. The van der Waals surface area contributed by atoms with Gasteiger partial charge in [-0.05, 0) is 26.1 Å². The maximum atomic E-state index is 5.69. The zero-order chi connectivity index (χ0) is 8.74. The summed E-state index contributed by atoms with van der Waals surface area (Å²) in [5.41, 5.74) is 0. The zero-order valence-electron chi connectivity index (χ0n) is 8.15. The third kappa shape index (κ3) is 6.57. The second-order valence-electron chi connectivity index (χ2n) is 3.50. The third-order valence-corrected chi connectivity index (χ3v) is 4.44. The van der Waals surface area contributed by atoms with Crippen LogP contribution in [0.5, 0.6) is 0 Å². The Labute approximate surface area is 72.3 Å². The summed E-state index contributed by atoms with van der Waals surface area (Å²) in [5.74, 6) is 0. The molecule has 0 aliphatic carbocycles. The van der Waals surface area contributed by atoms with Gasteiger partial charge >= 0.3 is 0 Å². The van der Waals surface area contributed by atoms with E-state index in [9.17, 15) is 0 Å². The molecule has 0 heterocycles. The van der Waals surface area contributed by atoms with E-state index in [1.807, 2.05) is 0 Å². The van der Waals surface area contributed by atoms with E-state index in [1.54, 1.807) is 0 Å². The lowest BCUT2D eigenvalue weighted by atomic mass is 10.3. The molecule has 0 bridgehead atoms. The van der Waals surface area contributed by atoms with Crippen LogP contribution in [-0.2, 0) is 4.43 Å². The summed E-state index contributed by atoms with van der Waals surface area (Å²) in [5, 5.41) is 0. The maximum absolute atomic E-state index is 5.69. The van der Waals surface area contributed by atoms with E-state index in [4.69, 9.17) is 4.43 Å². The van der Waals surface area contributed by atoms with Crippen molar-refractivity contribution in [3.05, 3.63) is 6.92 Å². The molecule has 0 N–H and O–H groups in total. The summed E-state index contributed by atoms with van der Waals surface area (Å²) >= 11 is 0. The molecule has 67 valence electrons. The van der Waals surface area contributed by atoms with E-state index >= 15 is 0 Å². The van der Waals surface area contributed by atoms with Gasteiger partial charge in [-0.1, -0.05) is 26.2 Å². The lowest BCUT2D eigenvalue weighted by molar-refractivity contribution is 0.328. The summed E-state index contributed by atoms with van der Waals surface area (Å²) in [6.07, 6.45) is 3.61. The van der Waals surface area contributed by atoms with Crippen LogP contribution in [0.2, 0.25) is 19.1 Å². The van der Waals surface area contributed by atoms with Gasteiger partial charge in [0.05, 0.1) is 0 Å². The molecule has 0 atom stereocenters. The molecule has 0 aromatic rings. The molecule has 0 amide bonds. The molecule has 0 saturated heterocycles. The van der Waals surface area contributed by atoms with Gasteiger partial charge in [-0.3, -0.25) is 0 Å². The van der Waals surface area contributed by atoms with Crippen molar-refractivity contribution in [1.82, 2.24) is 0 Å². The average molecular weight is 173 g/mol. The van der Waals surface area contributed by atoms with Crippen LogP contribution in [-0.4, -0.2) is 14.9 Å². The van der Waals surface area contributed by atoms with E-state index in [1.165, 1.54) is 18.9 Å². The Morgan fingerprint density at radius 2 is 1.91 bits per heavy atom. The highest BCUT2D eigenvalue weighted by molar-refractivity contribution is 6.71. The summed E-state index contributed by atoms with van der Waals surface area (Å²) in [7, 11) is -1.27. The Balaban J connectivity index is 3.38. The molecule has 0 unspecified atom stereocenters. The van der Waals surface area contributed by atoms with Crippen LogP contribution in [0.4, 0.5) is 0 Å². The summed E-state index contributed by atoms with van der Waals surface area (Å²) < 4.78 is 5.69. The Morgan fingerprint density at radius 3 is 2.36 bits per heavy atom. The van der Waals surface area contributed by atoms with E-state index in [-0.39, 0.29) is 0 Å². The van der Waals surface area contributed by atoms with Crippen molar-refractivity contribution in [2.45, 2.75) is 45.3 Å². The maximum Gasteiger partial charge on any atom is 0.186 e. The van der Waals surface area contributed by atoms with E-state index in [0.29, 0.717) is 0 Å². The molecule has 1 nitrogen and oxygen atoms in total. The van der Waals surface area contributed by atoms with Gasteiger partial charge < -0.3 is 4.43 Å². The summed E-state index contributed by atoms with van der Waals surface area (Å²) in [4.78, 5) is 0. The normalized spacial score (nSPS) is 12.0. The molecule has 0 aliphatic rings. The Hall–Kier alpha value is 0.177. The second kappa shape index (κ2) is 5.78. The average Bonchev–Trinajstić information content (AvgIpc) is 1.87.